The van der Waals surface area contributed by atoms with E-state index in [1.165, 1.54) is 62.7 Å². The molecule has 4 aromatic carbocycles. The van der Waals surface area contributed by atoms with Crippen LogP contribution in [0, 0.1) is 13.8 Å². The minimum atomic E-state index is 1.23. The van der Waals surface area contributed by atoms with E-state index >= 15 is 0 Å². The molecule has 0 spiro atoms. The molecular formula is C30H22S4. The molecule has 4 aromatic rings. The van der Waals surface area contributed by atoms with Crippen LogP contribution in [0.3, 0.4) is 0 Å². The predicted molar refractivity (Wildman–Crippen MR) is 161 cm³/mol. The molecule has 0 unspecified atom stereocenters. The standard InChI is InChI=1S/C30H22S4/c1-19-6-5-7-20(2)22(19)12-10-21-11-13-25-26(18-21)28(30-33-16-17-34-30)24-9-4-3-8-23(24)27(25)29-31-14-15-32-29/h3-18H,1-2H3/b12-10+. The zero-order valence-electron chi connectivity index (χ0n) is 18.9. The highest BCUT2D eigenvalue weighted by Gasteiger charge is 2.15. The highest BCUT2D eigenvalue weighted by molar-refractivity contribution is 8.35. The lowest BCUT2D eigenvalue weighted by molar-refractivity contribution is 1.36. The molecule has 0 fully saturated rings. The molecule has 0 saturated carbocycles. The topological polar surface area (TPSA) is 0 Å². The maximum absolute atomic E-state index is 2.38. The van der Waals surface area contributed by atoms with Gasteiger partial charge in [0, 0.05) is 10.4 Å². The Kier molecular flexibility index (Phi) is 6.17. The van der Waals surface area contributed by atoms with Gasteiger partial charge in [-0.3, -0.25) is 0 Å². The first-order chi connectivity index (χ1) is 16.7. The molecule has 0 bridgehead atoms. The van der Waals surface area contributed by atoms with E-state index in [4.69, 9.17) is 0 Å². The summed E-state index contributed by atoms with van der Waals surface area (Å²) in [6.45, 7) is 4.37. The van der Waals surface area contributed by atoms with Gasteiger partial charge >= 0.3 is 0 Å². The lowest BCUT2D eigenvalue weighted by atomic mass is 9.96. The van der Waals surface area contributed by atoms with Crippen LogP contribution in [0.25, 0.3) is 42.2 Å². The van der Waals surface area contributed by atoms with Crippen molar-refractivity contribution >= 4 is 89.2 Å². The number of fused-ring (bicyclic) bond motifs is 2. The molecule has 6 rings (SSSR count). The Balaban J connectivity index is 1.68. The fraction of sp³-hybridized carbons (Fsp3) is 0.0667. The number of rotatable bonds is 2. The number of hydrogen-bond acceptors (Lipinski definition) is 4. The molecule has 0 amide bonds. The molecule has 2 aliphatic heterocycles. The normalized spacial score (nSPS) is 15.6. The SMILES string of the molecule is Cc1cccc(C)c1/C=C/c1ccc2c(=C3SC=CS3)c3ccccc3c(=C3SC=CS3)c2c1. The van der Waals surface area contributed by atoms with Crippen LogP contribution in [0.1, 0.15) is 22.3 Å². The van der Waals surface area contributed by atoms with Gasteiger partial charge in [-0.05, 0) is 85.3 Å². The zero-order chi connectivity index (χ0) is 23.1. The molecule has 0 nitrogen and oxygen atoms in total. The van der Waals surface area contributed by atoms with Gasteiger partial charge in [0.05, 0.1) is 8.47 Å². The van der Waals surface area contributed by atoms with Crippen molar-refractivity contribution in [2.45, 2.75) is 13.8 Å². The number of benzene rings is 4. The lowest BCUT2D eigenvalue weighted by Gasteiger charge is -2.12. The van der Waals surface area contributed by atoms with E-state index in [1.54, 1.807) is 0 Å². The monoisotopic (exact) mass is 510 g/mol. The predicted octanol–water partition coefficient (Wildman–Crippen LogP) is 8.81. The maximum Gasteiger partial charge on any atom is 0.0571 e. The summed E-state index contributed by atoms with van der Waals surface area (Å²) >= 11 is 7.34. The molecule has 0 radical (unpaired) electrons. The molecule has 0 aliphatic carbocycles. The number of hydrogen-bond donors (Lipinski definition) is 0. The van der Waals surface area contributed by atoms with E-state index in [9.17, 15) is 0 Å². The highest BCUT2D eigenvalue weighted by Crippen LogP contribution is 2.41. The second kappa shape index (κ2) is 9.43. The van der Waals surface area contributed by atoms with Crippen LogP contribution in [-0.2, 0) is 0 Å². The van der Waals surface area contributed by atoms with Crippen LogP contribution in [-0.4, -0.2) is 0 Å². The van der Waals surface area contributed by atoms with E-state index < -0.39 is 0 Å². The van der Waals surface area contributed by atoms with Gasteiger partial charge in [0.2, 0.25) is 0 Å². The number of thioether (sulfide) groups is 4. The van der Waals surface area contributed by atoms with Gasteiger partial charge in [-0.15, -0.1) is 0 Å². The first-order valence-corrected chi connectivity index (χ1v) is 14.7. The van der Waals surface area contributed by atoms with Crippen molar-refractivity contribution in [3.8, 4) is 0 Å². The Hall–Kier alpha value is -2.24. The second-order valence-electron chi connectivity index (χ2n) is 8.33. The fourth-order valence-corrected chi connectivity index (χ4v) is 8.50. The summed E-state index contributed by atoms with van der Waals surface area (Å²) in [4.78, 5) is 0. The van der Waals surface area contributed by atoms with E-state index in [0.29, 0.717) is 0 Å². The second-order valence-corrected chi connectivity index (χ2v) is 12.5. The first-order valence-electron chi connectivity index (χ1n) is 11.1. The Morgan fingerprint density at radius 1 is 0.529 bits per heavy atom. The number of aryl methyl sites for hydroxylation is 2. The summed E-state index contributed by atoms with van der Waals surface area (Å²) in [6.07, 6.45) is 4.53. The molecular weight excluding hydrogens is 489 g/mol. The van der Waals surface area contributed by atoms with Crippen molar-refractivity contribution in [2.24, 2.45) is 0 Å². The van der Waals surface area contributed by atoms with Crippen molar-refractivity contribution in [2.75, 3.05) is 0 Å². The molecule has 0 saturated heterocycles. The lowest BCUT2D eigenvalue weighted by Crippen LogP contribution is -2.17. The van der Waals surface area contributed by atoms with Gasteiger partial charge in [0.25, 0.3) is 0 Å². The molecule has 4 heteroatoms. The van der Waals surface area contributed by atoms with Gasteiger partial charge in [-0.1, -0.05) is 114 Å². The zero-order valence-corrected chi connectivity index (χ0v) is 22.1. The van der Waals surface area contributed by atoms with Crippen molar-refractivity contribution in [1.29, 1.82) is 0 Å². The molecule has 0 atom stereocenters. The summed E-state index contributed by atoms with van der Waals surface area (Å²) in [5.74, 6) is 0. The summed E-state index contributed by atoms with van der Waals surface area (Å²) in [5.41, 5.74) is 5.16. The van der Waals surface area contributed by atoms with Crippen molar-refractivity contribution in [1.82, 2.24) is 0 Å². The first kappa shape index (κ1) is 22.2. The van der Waals surface area contributed by atoms with Gasteiger partial charge in [-0.25, -0.2) is 0 Å². The van der Waals surface area contributed by atoms with Crippen LogP contribution in [0.5, 0.6) is 0 Å². The van der Waals surface area contributed by atoms with E-state index in [1.807, 2.05) is 47.0 Å². The third-order valence-corrected chi connectivity index (χ3v) is 10.5. The van der Waals surface area contributed by atoms with Gasteiger partial charge in [0.15, 0.2) is 0 Å². The Morgan fingerprint density at radius 2 is 1.06 bits per heavy atom. The summed E-state index contributed by atoms with van der Waals surface area (Å²) in [5, 5.41) is 16.8. The molecule has 0 aromatic heterocycles. The summed E-state index contributed by atoms with van der Waals surface area (Å²) in [6, 6.07) is 22.4. The van der Waals surface area contributed by atoms with Gasteiger partial charge in [-0.2, -0.15) is 0 Å². The summed E-state index contributed by atoms with van der Waals surface area (Å²) < 4.78 is 2.72. The molecule has 2 heterocycles. The van der Waals surface area contributed by atoms with Gasteiger partial charge in [0.1, 0.15) is 0 Å². The minimum Gasteiger partial charge on any atom is -0.0895 e. The molecule has 2 aliphatic rings. The smallest absolute Gasteiger partial charge is 0.0571 e. The average Bonchev–Trinajstić information content (AvgIpc) is 3.57. The highest BCUT2D eigenvalue weighted by atomic mass is 32.2. The maximum atomic E-state index is 2.38. The van der Waals surface area contributed by atoms with Crippen molar-refractivity contribution < 1.29 is 0 Å². The van der Waals surface area contributed by atoms with Gasteiger partial charge < -0.3 is 0 Å². The van der Waals surface area contributed by atoms with E-state index in [-0.39, 0.29) is 0 Å². The molecule has 34 heavy (non-hydrogen) atoms. The third-order valence-electron chi connectivity index (χ3n) is 6.25. The fourth-order valence-electron chi connectivity index (χ4n) is 4.66. The van der Waals surface area contributed by atoms with E-state index in [2.05, 4.69) is 108 Å². The average molecular weight is 511 g/mol. The quantitative estimate of drug-likeness (QED) is 0.195. The summed E-state index contributed by atoms with van der Waals surface area (Å²) in [7, 11) is 0. The molecule has 166 valence electrons. The van der Waals surface area contributed by atoms with Crippen LogP contribution >= 0.6 is 47.0 Å². The van der Waals surface area contributed by atoms with E-state index in [0.717, 1.165) is 0 Å². The van der Waals surface area contributed by atoms with Crippen LogP contribution in [0.2, 0.25) is 0 Å². The largest absolute Gasteiger partial charge is 0.0895 e. The Labute approximate surface area is 217 Å². The Bertz CT molecular complexity index is 1630. The third kappa shape index (κ3) is 3.97. The van der Waals surface area contributed by atoms with Crippen molar-refractivity contribution in [3.63, 3.8) is 0 Å². The minimum absolute atomic E-state index is 1.23. The van der Waals surface area contributed by atoms with Crippen LogP contribution in [0.4, 0.5) is 0 Å². The van der Waals surface area contributed by atoms with Crippen LogP contribution < -0.4 is 10.4 Å². The molecule has 0 N–H and O–H groups in total. The Morgan fingerprint density at radius 3 is 1.65 bits per heavy atom. The van der Waals surface area contributed by atoms with Crippen molar-refractivity contribution in [3.05, 3.63) is 115 Å². The van der Waals surface area contributed by atoms with Crippen LogP contribution in [0.15, 0.2) is 82.3 Å².